The minimum atomic E-state index is 0.504. The molecule has 0 aliphatic heterocycles. The van der Waals surface area contributed by atoms with Gasteiger partial charge in [0, 0.05) is 29.9 Å². The summed E-state index contributed by atoms with van der Waals surface area (Å²) in [6.45, 7) is 3.72. The van der Waals surface area contributed by atoms with Gasteiger partial charge in [-0.25, -0.2) is 9.97 Å². The Hall–Kier alpha value is -2.65. The van der Waals surface area contributed by atoms with Crippen molar-refractivity contribution in [2.75, 3.05) is 5.32 Å². The van der Waals surface area contributed by atoms with Crippen molar-refractivity contribution >= 4 is 33.7 Å². The van der Waals surface area contributed by atoms with E-state index in [2.05, 4.69) is 21.4 Å². The molecule has 2 heterocycles. The molecule has 1 N–H and O–H groups in total. The topological polar surface area (TPSA) is 74.7 Å². The molecule has 0 bridgehead atoms. The predicted molar refractivity (Wildman–Crippen MR) is 82.8 cm³/mol. The van der Waals surface area contributed by atoms with Crippen molar-refractivity contribution in [2.45, 2.75) is 13.8 Å². The van der Waals surface area contributed by atoms with Gasteiger partial charge in [-0.15, -0.1) is 11.3 Å². The first kappa shape index (κ1) is 13.3. The van der Waals surface area contributed by atoms with Crippen LogP contribution in [0.5, 0.6) is 0 Å². The molecule has 0 aliphatic carbocycles. The number of allylic oxidation sites excluding steroid dienone is 1. The molecule has 21 heavy (non-hydrogen) atoms. The number of nitrogens with zero attached hydrogens (tertiary/aromatic N) is 3. The number of benzene rings is 1. The molecule has 6 heteroatoms. The highest BCUT2D eigenvalue weighted by molar-refractivity contribution is 7.10. The summed E-state index contributed by atoms with van der Waals surface area (Å²) in [5.41, 5.74) is 3.80. The maximum atomic E-state index is 9.22. The highest BCUT2D eigenvalue weighted by atomic mass is 32.1. The summed E-state index contributed by atoms with van der Waals surface area (Å²) in [4.78, 5) is 8.59. The van der Waals surface area contributed by atoms with Crippen molar-refractivity contribution in [3.8, 4) is 6.07 Å². The summed E-state index contributed by atoms with van der Waals surface area (Å²) in [6, 6.07) is 7.77. The van der Waals surface area contributed by atoms with Crippen LogP contribution in [0.1, 0.15) is 16.6 Å². The van der Waals surface area contributed by atoms with E-state index in [1.165, 1.54) is 11.3 Å². The molecule has 0 unspecified atom stereocenters. The third kappa shape index (κ3) is 2.78. The lowest BCUT2D eigenvalue weighted by atomic mass is 10.2. The van der Waals surface area contributed by atoms with E-state index in [1.54, 1.807) is 6.20 Å². The monoisotopic (exact) mass is 296 g/mol. The van der Waals surface area contributed by atoms with Crippen molar-refractivity contribution in [1.82, 2.24) is 9.97 Å². The Bertz CT molecular complexity index is 869. The van der Waals surface area contributed by atoms with Crippen molar-refractivity contribution in [3.05, 3.63) is 46.4 Å². The Morgan fingerprint density at radius 2 is 2.24 bits per heavy atom. The Morgan fingerprint density at radius 3 is 2.95 bits per heavy atom. The van der Waals surface area contributed by atoms with Gasteiger partial charge in [-0.2, -0.15) is 5.26 Å². The van der Waals surface area contributed by atoms with E-state index in [9.17, 15) is 5.26 Å². The third-order valence-corrected chi connectivity index (χ3v) is 3.84. The first-order valence-corrected chi connectivity index (χ1v) is 7.20. The first-order valence-electron chi connectivity index (χ1n) is 6.32. The van der Waals surface area contributed by atoms with Crippen LogP contribution in [0.3, 0.4) is 0 Å². The van der Waals surface area contributed by atoms with Crippen LogP contribution in [0.15, 0.2) is 34.2 Å². The van der Waals surface area contributed by atoms with Crippen molar-refractivity contribution in [2.24, 2.45) is 0 Å². The lowest BCUT2D eigenvalue weighted by Gasteiger charge is -2.00. The van der Waals surface area contributed by atoms with E-state index in [4.69, 9.17) is 4.42 Å². The number of hydrogen-bond donors (Lipinski definition) is 1. The predicted octanol–water partition coefficient (Wildman–Crippen LogP) is 3.88. The minimum Gasteiger partial charge on any atom is -0.441 e. The van der Waals surface area contributed by atoms with Crippen LogP contribution in [0.25, 0.3) is 16.7 Å². The van der Waals surface area contributed by atoms with E-state index in [0.29, 0.717) is 16.5 Å². The van der Waals surface area contributed by atoms with Crippen molar-refractivity contribution in [3.63, 3.8) is 0 Å². The van der Waals surface area contributed by atoms with E-state index in [-0.39, 0.29) is 0 Å². The minimum absolute atomic E-state index is 0.504. The third-order valence-electron chi connectivity index (χ3n) is 2.85. The normalized spacial score (nSPS) is 11.6. The second-order valence-corrected chi connectivity index (χ2v) is 5.38. The Kier molecular flexibility index (Phi) is 3.42. The Labute approximate surface area is 125 Å². The molecule has 2 aromatic heterocycles. The van der Waals surface area contributed by atoms with Crippen LogP contribution in [-0.2, 0) is 0 Å². The van der Waals surface area contributed by atoms with Crippen molar-refractivity contribution in [1.29, 1.82) is 5.26 Å². The van der Waals surface area contributed by atoms with Gasteiger partial charge in [-0.3, -0.25) is 0 Å². The van der Waals surface area contributed by atoms with E-state index in [0.717, 1.165) is 22.5 Å². The summed E-state index contributed by atoms with van der Waals surface area (Å²) < 4.78 is 5.43. The number of thiazole rings is 1. The maximum Gasteiger partial charge on any atom is 0.192 e. The van der Waals surface area contributed by atoms with Crippen LogP contribution in [0.2, 0.25) is 0 Å². The van der Waals surface area contributed by atoms with E-state index >= 15 is 0 Å². The molecule has 5 nitrogen and oxygen atoms in total. The lowest BCUT2D eigenvalue weighted by molar-refractivity contribution is 0.561. The molecule has 3 rings (SSSR count). The number of aryl methyl sites for hydroxylation is 2. The summed E-state index contributed by atoms with van der Waals surface area (Å²) >= 11 is 1.45. The molecule has 0 spiro atoms. The molecule has 104 valence electrons. The number of oxazole rings is 1. The van der Waals surface area contributed by atoms with Crippen LogP contribution < -0.4 is 5.32 Å². The second kappa shape index (κ2) is 5.38. The number of nitriles is 1. The fourth-order valence-corrected chi connectivity index (χ4v) is 2.67. The molecule has 0 radical (unpaired) electrons. The van der Waals surface area contributed by atoms with E-state index < -0.39 is 0 Å². The SMILES string of the molecule is Cc1csc(/C(C#N)=C/Nc2ccc3oc(C)nc3c2)n1. The van der Waals surface area contributed by atoms with Gasteiger partial charge >= 0.3 is 0 Å². The average molecular weight is 296 g/mol. The van der Waals surface area contributed by atoms with Crippen molar-refractivity contribution < 1.29 is 4.42 Å². The largest absolute Gasteiger partial charge is 0.441 e. The molecule has 0 aliphatic rings. The molecule has 1 aromatic carbocycles. The summed E-state index contributed by atoms with van der Waals surface area (Å²) in [5.74, 6) is 0.633. The zero-order valence-electron chi connectivity index (χ0n) is 11.5. The van der Waals surface area contributed by atoms with Gasteiger partial charge in [0.05, 0.1) is 0 Å². The number of nitrogens with one attached hydrogen (secondary N) is 1. The Balaban J connectivity index is 1.87. The smallest absolute Gasteiger partial charge is 0.192 e. The number of anilines is 1. The van der Waals surface area contributed by atoms with Gasteiger partial charge in [0.2, 0.25) is 0 Å². The van der Waals surface area contributed by atoms with Crippen LogP contribution in [0.4, 0.5) is 5.69 Å². The van der Waals surface area contributed by atoms with E-state index in [1.807, 2.05) is 37.4 Å². The van der Waals surface area contributed by atoms with Gasteiger partial charge < -0.3 is 9.73 Å². The molecule has 0 amide bonds. The molecular weight excluding hydrogens is 284 g/mol. The van der Waals surface area contributed by atoms with Gasteiger partial charge in [0.15, 0.2) is 11.5 Å². The molecule has 0 fully saturated rings. The first-order chi connectivity index (χ1) is 10.2. The summed E-state index contributed by atoms with van der Waals surface area (Å²) in [6.07, 6.45) is 1.66. The molecule has 0 atom stereocenters. The zero-order valence-corrected chi connectivity index (χ0v) is 12.4. The summed E-state index contributed by atoms with van der Waals surface area (Å²) in [7, 11) is 0. The second-order valence-electron chi connectivity index (χ2n) is 4.52. The summed E-state index contributed by atoms with van der Waals surface area (Å²) in [5, 5.41) is 15.0. The molecule has 0 saturated heterocycles. The van der Waals surface area contributed by atoms with Gasteiger partial charge in [-0.05, 0) is 25.1 Å². The maximum absolute atomic E-state index is 9.22. The fraction of sp³-hybridized carbons (Fsp3) is 0.133. The number of hydrogen-bond acceptors (Lipinski definition) is 6. The quantitative estimate of drug-likeness (QED) is 0.742. The number of fused-ring (bicyclic) bond motifs is 1. The standard InChI is InChI=1S/C15H12N4OS/c1-9-8-21-15(18-9)11(6-16)7-17-12-3-4-14-13(5-12)19-10(2)20-14/h3-5,7-8,17H,1-2H3/b11-7+. The van der Waals surface area contributed by atoms with Gasteiger partial charge in [0.25, 0.3) is 0 Å². The van der Waals surface area contributed by atoms with Crippen LogP contribution >= 0.6 is 11.3 Å². The van der Waals surface area contributed by atoms with Gasteiger partial charge in [0.1, 0.15) is 22.2 Å². The van der Waals surface area contributed by atoms with Gasteiger partial charge in [-0.1, -0.05) is 0 Å². The highest BCUT2D eigenvalue weighted by Crippen LogP contribution is 2.22. The van der Waals surface area contributed by atoms with Crippen LogP contribution in [-0.4, -0.2) is 9.97 Å². The number of rotatable bonds is 3. The number of aromatic nitrogens is 2. The Morgan fingerprint density at radius 1 is 1.38 bits per heavy atom. The fourth-order valence-electron chi connectivity index (χ4n) is 1.91. The lowest BCUT2D eigenvalue weighted by Crippen LogP contribution is -1.91. The molecule has 3 aromatic rings. The highest BCUT2D eigenvalue weighted by Gasteiger charge is 2.06. The molecular formula is C15H12N4OS. The average Bonchev–Trinajstić information content (AvgIpc) is 3.04. The molecule has 0 saturated carbocycles. The van der Waals surface area contributed by atoms with Crippen LogP contribution in [0, 0.1) is 25.2 Å². The zero-order chi connectivity index (χ0) is 14.8.